The average molecular weight is 654 g/mol. The number of phenols is 1. The lowest BCUT2D eigenvalue weighted by Crippen LogP contribution is -2.48. The third-order valence-electron chi connectivity index (χ3n) is 10.0. The van der Waals surface area contributed by atoms with E-state index in [0.29, 0.717) is 11.1 Å². The summed E-state index contributed by atoms with van der Waals surface area (Å²) in [4.78, 5) is 5.08. The molecule has 0 aliphatic rings. The van der Waals surface area contributed by atoms with Gasteiger partial charge in [0.25, 0.3) is 0 Å². The van der Waals surface area contributed by atoms with E-state index < -0.39 is 0 Å². The number of para-hydroxylation sites is 3. The first-order valence-electron chi connectivity index (χ1n) is 17.0. The molecule has 0 amide bonds. The first kappa shape index (κ1) is 31.8. The summed E-state index contributed by atoms with van der Waals surface area (Å²) in [7, 11) is 25.0. The van der Waals surface area contributed by atoms with Crippen molar-refractivity contribution in [2.45, 2.75) is 0 Å². The molecule has 234 valence electrons. The van der Waals surface area contributed by atoms with Crippen molar-refractivity contribution in [1.82, 2.24) is 9.55 Å². The Morgan fingerprint density at radius 1 is 0.423 bits per heavy atom. The monoisotopic (exact) mass is 654 g/mol. The Labute approximate surface area is 307 Å². The molecule has 52 heavy (non-hydrogen) atoms. The highest BCUT2D eigenvalue weighted by atomic mass is 16.3. The third-order valence-corrected chi connectivity index (χ3v) is 10.0. The van der Waals surface area contributed by atoms with E-state index in [9.17, 15) is 5.11 Å². The minimum absolute atomic E-state index is 0.00478. The molecule has 1 heterocycles. The van der Waals surface area contributed by atoms with Crippen LogP contribution < -0.4 is 21.9 Å². The zero-order valence-electron chi connectivity index (χ0n) is 28.1. The maximum atomic E-state index is 11.2. The Morgan fingerprint density at radius 3 is 1.65 bits per heavy atom. The van der Waals surface area contributed by atoms with Crippen molar-refractivity contribution in [3.05, 3.63) is 152 Å². The van der Waals surface area contributed by atoms with Crippen molar-refractivity contribution >= 4 is 85.8 Å². The first-order valence-corrected chi connectivity index (χ1v) is 17.0. The van der Waals surface area contributed by atoms with E-state index in [1.165, 1.54) is 0 Å². The second-order valence-corrected chi connectivity index (χ2v) is 13.0. The Balaban J connectivity index is 1.29. The fourth-order valence-electron chi connectivity index (χ4n) is 7.51. The second-order valence-electron chi connectivity index (χ2n) is 13.0. The molecule has 9 rings (SSSR count). The summed E-state index contributed by atoms with van der Waals surface area (Å²) < 4.78 is 2.21. The van der Waals surface area contributed by atoms with Crippen LogP contribution in [-0.4, -0.2) is 46.0 Å². The lowest BCUT2D eigenvalue weighted by atomic mass is 9.64. The molecular weight excluding hydrogens is 628 g/mol. The molecule has 0 spiro atoms. The average Bonchev–Trinajstić information content (AvgIpc) is 3.59. The topological polar surface area (TPSA) is 38.0 Å². The van der Waals surface area contributed by atoms with Crippen LogP contribution in [-0.2, 0) is 0 Å². The van der Waals surface area contributed by atoms with Crippen molar-refractivity contribution in [2.75, 3.05) is 0 Å². The van der Waals surface area contributed by atoms with Crippen molar-refractivity contribution in [1.29, 1.82) is 0 Å². The number of aromatic hydroxyl groups is 1. The Morgan fingerprint density at radius 2 is 0.942 bits per heavy atom. The number of benzene rings is 8. The van der Waals surface area contributed by atoms with Crippen molar-refractivity contribution < 1.29 is 5.11 Å². The van der Waals surface area contributed by atoms with Crippen molar-refractivity contribution in [3.8, 4) is 56.2 Å². The molecule has 8 aromatic carbocycles. The smallest absolute Gasteiger partial charge is 0.145 e. The van der Waals surface area contributed by atoms with Crippen LogP contribution in [0.5, 0.6) is 5.75 Å². The zero-order valence-corrected chi connectivity index (χ0v) is 28.1. The molecule has 0 unspecified atom stereocenters. The minimum Gasteiger partial charge on any atom is -0.508 e. The minimum atomic E-state index is -0.192. The van der Waals surface area contributed by atoms with Gasteiger partial charge in [-0.25, -0.2) is 4.98 Å². The van der Waals surface area contributed by atoms with Gasteiger partial charge in [-0.1, -0.05) is 132 Å². The highest BCUT2D eigenvalue weighted by Crippen LogP contribution is 2.45. The quantitative estimate of drug-likeness (QED) is 0.163. The van der Waals surface area contributed by atoms with E-state index in [1.54, 1.807) is 0 Å². The number of nitrogens with zero attached hydrogens (tertiary/aromatic N) is 2. The Hall–Kier alpha value is -6.19. The summed E-state index contributed by atoms with van der Waals surface area (Å²) in [6, 6.07) is 52.1. The lowest BCUT2D eigenvalue weighted by molar-refractivity contribution is 0.482. The normalized spacial score (nSPS) is 11.5. The number of aromatic nitrogens is 2. The van der Waals surface area contributed by atoms with Crippen molar-refractivity contribution in [3.63, 3.8) is 0 Å². The van der Waals surface area contributed by atoms with E-state index >= 15 is 0 Å². The molecule has 0 saturated heterocycles. The van der Waals surface area contributed by atoms with Gasteiger partial charge in [-0.2, -0.15) is 0 Å². The van der Waals surface area contributed by atoms with Crippen LogP contribution in [0.1, 0.15) is 0 Å². The lowest BCUT2D eigenvalue weighted by Gasteiger charge is -2.21. The molecular formula is C45H26B4N2O. The van der Waals surface area contributed by atoms with E-state index in [0.717, 1.165) is 71.9 Å². The molecule has 0 saturated carbocycles. The molecule has 1 N–H and O–H groups in total. The summed E-state index contributed by atoms with van der Waals surface area (Å²) in [5, 5.41) is 15.5. The predicted molar refractivity (Wildman–Crippen MR) is 221 cm³/mol. The van der Waals surface area contributed by atoms with Gasteiger partial charge in [0.05, 0.1) is 11.0 Å². The molecule has 3 nitrogen and oxygen atoms in total. The summed E-state index contributed by atoms with van der Waals surface area (Å²) in [6.07, 6.45) is 0. The van der Waals surface area contributed by atoms with Gasteiger partial charge in [0, 0.05) is 16.8 Å². The summed E-state index contributed by atoms with van der Waals surface area (Å²) in [5.74, 6) is 0.681. The van der Waals surface area contributed by atoms with Gasteiger partial charge in [0.1, 0.15) is 43.0 Å². The van der Waals surface area contributed by atoms with Gasteiger partial charge in [-0.05, 0) is 79.7 Å². The maximum Gasteiger partial charge on any atom is 0.145 e. The Kier molecular flexibility index (Phi) is 7.66. The van der Waals surface area contributed by atoms with Crippen LogP contribution in [0.15, 0.2) is 152 Å². The highest BCUT2D eigenvalue weighted by molar-refractivity contribution is 6.64. The van der Waals surface area contributed by atoms with Gasteiger partial charge in [-0.15, -0.1) is 10.9 Å². The molecule has 1 aromatic heterocycles. The molecule has 0 fully saturated rings. The molecule has 0 bridgehead atoms. The predicted octanol–water partition coefficient (Wildman–Crippen LogP) is 6.88. The standard InChI is InChI=1S/C45H26B4N2O/c46-40-39(44(52)43(49)42(48)41(40)47)29-23-24-33-34(25-29)38(26-11-3-1-4-12-26)32-16-8-7-15-31(32)37(33)27-19-21-28(22-20-27)45-50-35-17-9-10-18-36(35)51(45)30-13-5-2-6-14-30/h1-25,52H. The molecule has 0 aliphatic heterocycles. The summed E-state index contributed by atoms with van der Waals surface area (Å²) >= 11 is 0. The Bertz CT molecular complexity index is 2800. The molecule has 0 aliphatic carbocycles. The fraction of sp³-hybridized carbons (Fsp3) is 0. The number of phenolic OH excluding ortho intramolecular Hbond substituents is 1. The van der Waals surface area contributed by atoms with Gasteiger partial charge in [-0.3, -0.25) is 4.57 Å². The van der Waals surface area contributed by atoms with Crippen molar-refractivity contribution in [2.24, 2.45) is 0 Å². The number of rotatable bonds is 5. The van der Waals surface area contributed by atoms with Gasteiger partial charge in [0.2, 0.25) is 0 Å². The van der Waals surface area contributed by atoms with Crippen LogP contribution in [0.25, 0.3) is 83.0 Å². The molecule has 9 aromatic rings. The van der Waals surface area contributed by atoms with Gasteiger partial charge >= 0.3 is 0 Å². The van der Waals surface area contributed by atoms with Crippen LogP contribution >= 0.6 is 0 Å². The number of hydrogen-bond donors (Lipinski definition) is 1. The zero-order chi connectivity index (χ0) is 35.5. The SMILES string of the molecule is [B]c1c([B])c([B])c(-c2ccc3c(-c4ccc(-c5nc6ccccc6n5-c5ccccc5)cc4)c4ccccc4c(-c4ccccc4)c3c2)c(O)c1[B]. The van der Waals surface area contributed by atoms with E-state index in [4.69, 9.17) is 36.4 Å². The van der Waals surface area contributed by atoms with Gasteiger partial charge < -0.3 is 5.11 Å². The summed E-state index contributed by atoms with van der Waals surface area (Å²) in [5.41, 5.74) is 9.76. The highest BCUT2D eigenvalue weighted by Gasteiger charge is 2.21. The van der Waals surface area contributed by atoms with Crippen LogP contribution in [0, 0.1) is 0 Å². The van der Waals surface area contributed by atoms with E-state index in [-0.39, 0.29) is 27.6 Å². The fourth-order valence-corrected chi connectivity index (χ4v) is 7.51. The van der Waals surface area contributed by atoms with E-state index in [1.807, 2.05) is 60.7 Å². The van der Waals surface area contributed by atoms with E-state index in [2.05, 4.69) is 95.6 Å². The maximum absolute atomic E-state index is 11.2. The third kappa shape index (κ3) is 4.99. The van der Waals surface area contributed by atoms with Crippen LogP contribution in [0.4, 0.5) is 0 Å². The molecule has 0 atom stereocenters. The molecule has 7 heteroatoms. The first-order chi connectivity index (χ1) is 25.4. The van der Waals surface area contributed by atoms with Gasteiger partial charge in [0.15, 0.2) is 0 Å². The summed E-state index contributed by atoms with van der Waals surface area (Å²) in [6.45, 7) is 0. The number of imidazole rings is 1. The molecule has 8 radical (unpaired) electrons. The van der Waals surface area contributed by atoms with Crippen LogP contribution in [0.2, 0.25) is 0 Å². The number of fused-ring (bicyclic) bond motifs is 3. The van der Waals surface area contributed by atoms with Crippen LogP contribution in [0.3, 0.4) is 0 Å². The largest absolute Gasteiger partial charge is 0.508 e. The number of hydrogen-bond acceptors (Lipinski definition) is 2. The second kappa shape index (κ2) is 12.5.